The van der Waals surface area contributed by atoms with Crippen LogP contribution in [0.15, 0.2) is 22.8 Å². The smallest absolute Gasteiger partial charge is 0.410 e. The van der Waals surface area contributed by atoms with Crippen molar-refractivity contribution in [1.29, 1.82) is 0 Å². The molecule has 7 nitrogen and oxygen atoms in total. The molecule has 0 spiro atoms. The largest absolute Gasteiger partial charge is 0.444 e. The van der Waals surface area contributed by atoms with E-state index in [1.54, 1.807) is 7.11 Å². The number of rotatable bonds is 7. The van der Waals surface area contributed by atoms with Crippen LogP contribution in [0.3, 0.4) is 0 Å². The first kappa shape index (κ1) is 24.7. The van der Waals surface area contributed by atoms with Crippen LogP contribution >= 0.6 is 15.9 Å². The Morgan fingerprint density at radius 2 is 1.97 bits per heavy atom. The molecule has 8 heteroatoms. The highest BCUT2D eigenvalue weighted by Crippen LogP contribution is 2.28. The van der Waals surface area contributed by atoms with Gasteiger partial charge in [-0.1, -0.05) is 22.9 Å². The van der Waals surface area contributed by atoms with Crippen molar-refractivity contribution < 1.29 is 14.3 Å². The Morgan fingerprint density at radius 1 is 1.25 bits per heavy atom. The van der Waals surface area contributed by atoms with Gasteiger partial charge in [0, 0.05) is 41.8 Å². The molecule has 1 aliphatic rings. The molecule has 1 heterocycles. The number of carbonyl (C=O) groups excluding carboxylic acids is 1. The second-order valence-electron chi connectivity index (χ2n) is 9.37. The van der Waals surface area contributed by atoms with Crippen molar-refractivity contribution in [3.05, 3.63) is 28.4 Å². The molecule has 0 unspecified atom stereocenters. The van der Waals surface area contributed by atoms with Crippen molar-refractivity contribution in [2.75, 3.05) is 25.6 Å². The third kappa shape index (κ3) is 6.54. The normalized spacial score (nSPS) is 19.1. The SMILES string of the molecule is CCc1cc(Br)cc2cnc(NC3CCC(N(CCOC)C(=O)OC(C)(C)C)CC3)nc12. The van der Waals surface area contributed by atoms with Crippen LogP contribution in [0, 0.1) is 0 Å². The van der Waals surface area contributed by atoms with E-state index in [1.807, 2.05) is 31.9 Å². The predicted molar refractivity (Wildman–Crippen MR) is 131 cm³/mol. The molecule has 1 aromatic carbocycles. The van der Waals surface area contributed by atoms with E-state index in [4.69, 9.17) is 14.5 Å². The number of hydrogen-bond donors (Lipinski definition) is 1. The fraction of sp³-hybridized carbons (Fsp3) is 0.625. The van der Waals surface area contributed by atoms with Crippen LogP contribution in [0.5, 0.6) is 0 Å². The van der Waals surface area contributed by atoms with Gasteiger partial charge in [0.2, 0.25) is 5.95 Å². The average molecular weight is 507 g/mol. The van der Waals surface area contributed by atoms with E-state index in [-0.39, 0.29) is 18.2 Å². The van der Waals surface area contributed by atoms with Crippen LogP contribution in [0.2, 0.25) is 0 Å². The maximum atomic E-state index is 12.8. The van der Waals surface area contributed by atoms with Gasteiger partial charge in [-0.25, -0.2) is 14.8 Å². The van der Waals surface area contributed by atoms with Crippen LogP contribution in [0.1, 0.15) is 58.9 Å². The Morgan fingerprint density at radius 3 is 2.59 bits per heavy atom. The summed E-state index contributed by atoms with van der Waals surface area (Å²) in [4.78, 5) is 23.9. The zero-order valence-corrected chi connectivity index (χ0v) is 21.4. The fourth-order valence-electron chi connectivity index (χ4n) is 4.17. The third-order valence-electron chi connectivity index (χ3n) is 5.74. The number of halogens is 1. The van der Waals surface area contributed by atoms with Gasteiger partial charge in [0.1, 0.15) is 5.60 Å². The number of amides is 1. The lowest BCUT2D eigenvalue weighted by atomic mass is 9.90. The van der Waals surface area contributed by atoms with Crippen molar-refractivity contribution in [3.63, 3.8) is 0 Å². The van der Waals surface area contributed by atoms with Crippen LogP contribution in [0.4, 0.5) is 10.7 Å². The first-order chi connectivity index (χ1) is 15.2. The molecular formula is C24H35BrN4O3. The topological polar surface area (TPSA) is 76.6 Å². The quantitative estimate of drug-likeness (QED) is 0.529. The van der Waals surface area contributed by atoms with Crippen molar-refractivity contribution >= 4 is 38.9 Å². The molecule has 176 valence electrons. The van der Waals surface area contributed by atoms with Crippen molar-refractivity contribution in [1.82, 2.24) is 14.9 Å². The zero-order chi connectivity index (χ0) is 23.3. The lowest BCUT2D eigenvalue weighted by molar-refractivity contribution is 0.00585. The molecule has 0 saturated heterocycles. The molecule has 32 heavy (non-hydrogen) atoms. The zero-order valence-electron chi connectivity index (χ0n) is 19.8. The number of methoxy groups -OCH3 is 1. The van der Waals surface area contributed by atoms with Gasteiger partial charge in [0.15, 0.2) is 0 Å². The molecule has 0 radical (unpaired) electrons. The Kier molecular flexibility index (Phi) is 8.33. The summed E-state index contributed by atoms with van der Waals surface area (Å²) in [6, 6.07) is 4.61. The molecule has 1 saturated carbocycles. The van der Waals surface area contributed by atoms with Gasteiger partial charge in [0.05, 0.1) is 12.1 Å². The molecule has 0 bridgehead atoms. The highest BCUT2D eigenvalue weighted by atomic mass is 79.9. The molecular weight excluding hydrogens is 472 g/mol. The fourth-order valence-corrected chi connectivity index (χ4v) is 4.69. The minimum atomic E-state index is -0.512. The molecule has 1 N–H and O–H groups in total. The van der Waals surface area contributed by atoms with Gasteiger partial charge >= 0.3 is 6.09 Å². The van der Waals surface area contributed by atoms with Gasteiger partial charge in [-0.15, -0.1) is 0 Å². The number of ether oxygens (including phenoxy) is 2. The number of aryl methyl sites for hydroxylation is 1. The standard InChI is InChI=1S/C24H35BrN4O3/c1-6-16-13-18(25)14-17-15-26-22(28-21(16)17)27-19-7-9-20(10-8-19)29(11-12-31-5)23(30)32-24(2,3)4/h13-15,19-20H,6-12H2,1-5H3,(H,26,27,28). The first-order valence-electron chi connectivity index (χ1n) is 11.4. The Bertz CT molecular complexity index is 923. The minimum absolute atomic E-state index is 0.152. The van der Waals surface area contributed by atoms with Crippen LogP contribution in [-0.2, 0) is 15.9 Å². The number of nitrogens with zero attached hydrogens (tertiary/aromatic N) is 3. The maximum Gasteiger partial charge on any atom is 0.410 e. The summed E-state index contributed by atoms with van der Waals surface area (Å²) in [5, 5.41) is 4.55. The van der Waals surface area contributed by atoms with Gasteiger partial charge < -0.3 is 19.7 Å². The highest BCUT2D eigenvalue weighted by molar-refractivity contribution is 9.10. The van der Waals surface area contributed by atoms with Crippen molar-refractivity contribution in [2.24, 2.45) is 0 Å². The number of aromatic nitrogens is 2. The summed E-state index contributed by atoms with van der Waals surface area (Å²) in [6.07, 6.45) is 6.23. The Labute approximate surface area is 199 Å². The molecule has 0 atom stereocenters. The molecule has 3 rings (SSSR count). The van der Waals surface area contributed by atoms with E-state index in [0.717, 1.165) is 47.5 Å². The molecule has 1 fully saturated rings. The van der Waals surface area contributed by atoms with E-state index >= 15 is 0 Å². The van der Waals surface area contributed by atoms with Crippen LogP contribution in [-0.4, -0.2) is 58.9 Å². The average Bonchev–Trinajstić information content (AvgIpc) is 2.73. The predicted octanol–water partition coefficient (Wildman–Crippen LogP) is 5.56. The molecule has 1 amide bonds. The summed E-state index contributed by atoms with van der Waals surface area (Å²) in [5.74, 6) is 0.668. The summed E-state index contributed by atoms with van der Waals surface area (Å²) in [5.41, 5.74) is 1.69. The number of carbonyl (C=O) groups is 1. The van der Waals surface area contributed by atoms with E-state index < -0.39 is 5.60 Å². The molecule has 1 aromatic heterocycles. The Balaban J connectivity index is 1.64. The second kappa shape index (κ2) is 10.8. The van der Waals surface area contributed by atoms with Crippen molar-refractivity contribution in [2.45, 2.75) is 77.5 Å². The number of fused-ring (bicyclic) bond motifs is 1. The number of anilines is 1. The molecule has 0 aliphatic heterocycles. The highest BCUT2D eigenvalue weighted by Gasteiger charge is 2.31. The summed E-state index contributed by atoms with van der Waals surface area (Å²) in [7, 11) is 1.65. The number of hydrogen-bond acceptors (Lipinski definition) is 6. The number of benzene rings is 1. The third-order valence-corrected chi connectivity index (χ3v) is 6.20. The summed E-state index contributed by atoms with van der Waals surface area (Å²) in [6.45, 7) is 8.86. The molecule has 1 aliphatic carbocycles. The van der Waals surface area contributed by atoms with E-state index in [1.165, 1.54) is 5.56 Å². The summed E-state index contributed by atoms with van der Waals surface area (Å²) >= 11 is 3.57. The minimum Gasteiger partial charge on any atom is -0.444 e. The number of nitrogens with one attached hydrogen (secondary N) is 1. The molecule has 2 aromatic rings. The van der Waals surface area contributed by atoms with Gasteiger partial charge in [0.25, 0.3) is 0 Å². The van der Waals surface area contributed by atoms with Crippen LogP contribution < -0.4 is 5.32 Å². The van der Waals surface area contributed by atoms with E-state index in [0.29, 0.717) is 19.1 Å². The van der Waals surface area contributed by atoms with E-state index in [9.17, 15) is 4.79 Å². The van der Waals surface area contributed by atoms with E-state index in [2.05, 4.69) is 45.3 Å². The van der Waals surface area contributed by atoms with Crippen molar-refractivity contribution in [3.8, 4) is 0 Å². The lowest BCUT2D eigenvalue weighted by Crippen LogP contribution is -2.47. The Hall–Kier alpha value is -1.93. The second-order valence-corrected chi connectivity index (χ2v) is 10.3. The first-order valence-corrected chi connectivity index (χ1v) is 12.2. The van der Waals surface area contributed by atoms with Gasteiger partial charge in [-0.3, -0.25) is 0 Å². The summed E-state index contributed by atoms with van der Waals surface area (Å²) < 4.78 is 11.9. The lowest BCUT2D eigenvalue weighted by Gasteiger charge is -2.37. The monoisotopic (exact) mass is 506 g/mol. The van der Waals surface area contributed by atoms with Gasteiger partial charge in [-0.05, 0) is 70.6 Å². The van der Waals surface area contributed by atoms with Crippen LogP contribution in [0.25, 0.3) is 10.9 Å². The van der Waals surface area contributed by atoms with Gasteiger partial charge in [-0.2, -0.15) is 0 Å². The maximum absolute atomic E-state index is 12.8.